The van der Waals surface area contributed by atoms with Crippen LogP contribution >= 0.6 is 0 Å². The van der Waals surface area contributed by atoms with E-state index in [-0.39, 0.29) is 29.7 Å². The second kappa shape index (κ2) is 6.96. The van der Waals surface area contributed by atoms with Crippen molar-refractivity contribution in [1.82, 2.24) is 10.1 Å². The maximum absolute atomic E-state index is 12.7. The molecule has 1 aromatic heterocycles. The number of aromatic nitrogens is 1. The number of aliphatic hydroxyl groups is 1. The minimum Gasteiger partial charge on any atom is -0.396 e. The van der Waals surface area contributed by atoms with E-state index in [0.717, 1.165) is 5.56 Å². The van der Waals surface area contributed by atoms with Crippen molar-refractivity contribution in [3.05, 3.63) is 53.4 Å². The van der Waals surface area contributed by atoms with Crippen LogP contribution in [0.2, 0.25) is 0 Å². The van der Waals surface area contributed by atoms with Gasteiger partial charge in [-0.3, -0.25) is 4.79 Å². The topological polar surface area (TPSA) is 66.6 Å². The van der Waals surface area contributed by atoms with Gasteiger partial charge >= 0.3 is 0 Å². The van der Waals surface area contributed by atoms with Gasteiger partial charge in [-0.2, -0.15) is 0 Å². The van der Waals surface area contributed by atoms with Crippen LogP contribution in [0.25, 0.3) is 0 Å². The van der Waals surface area contributed by atoms with E-state index in [2.05, 4.69) is 5.16 Å². The van der Waals surface area contributed by atoms with Gasteiger partial charge in [-0.25, -0.2) is 0 Å². The number of carbonyl (C=O) groups is 1. The fourth-order valence-electron chi connectivity index (χ4n) is 2.43. The fraction of sp³-hybridized carbons (Fsp3) is 0.444. The minimum absolute atomic E-state index is 0.00321. The molecule has 1 aromatic carbocycles. The molecule has 0 saturated carbocycles. The number of aliphatic hydroxyl groups excluding tert-OH is 1. The maximum atomic E-state index is 12.7. The molecular weight excluding hydrogens is 292 g/mol. The number of hydrogen-bond donors (Lipinski definition) is 1. The van der Waals surface area contributed by atoms with Crippen molar-refractivity contribution >= 4 is 5.91 Å². The first-order chi connectivity index (χ1) is 10.8. The summed E-state index contributed by atoms with van der Waals surface area (Å²) in [4.78, 5) is 14.3. The van der Waals surface area contributed by atoms with Gasteiger partial charge in [0.1, 0.15) is 5.76 Å². The molecule has 1 unspecified atom stereocenters. The molecule has 0 bridgehead atoms. The molecule has 124 valence electrons. The Bertz CT molecular complexity index is 644. The van der Waals surface area contributed by atoms with Gasteiger partial charge < -0.3 is 14.5 Å². The molecule has 0 aliphatic carbocycles. The van der Waals surface area contributed by atoms with Crippen molar-refractivity contribution in [3.8, 4) is 0 Å². The summed E-state index contributed by atoms with van der Waals surface area (Å²) in [5.41, 5.74) is 1.07. The Morgan fingerprint density at radius 2 is 1.96 bits per heavy atom. The van der Waals surface area contributed by atoms with E-state index in [9.17, 15) is 9.90 Å². The average Bonchev–Trinajstić information content (AvgIpc) is 3.02. The third-order valence-electron chi connectivity index (χ3n) is 3.84. The normalized spacial score (nSPS) is 12.9. The van der Waals surface area contributed by atoms with E-state index in [4.69, 9.17) is 4.52 Å². The van der Waals surface area contributed by atoms with Gasteiger partial charge in [-0.15, -0.1) is 0 Å². The van der Waals surface area contributed by atoms with Gasteiger partial charge in [0.05, 0.1) is 6.04 Å². The van der Waals surface area contributed by atoms with Gasteiger partial charge in [0, 0.05) is 25.1 Å². The second-order valence-corrected chi connectivity index (χ2v) is 6.68. The molecule has 23 heavy (non-hydrogen) atoms. The Kier molecular flexibility index (Phi) is 5.21. The van der Waals surface area contributed by atoms with Crippen LogP contribution in [0.4, 0.5) is 0 Å². The zero-order valence-electron chi connectivity index (χ0n) is 14.1. The lowest BCUT2D eigenvalue weighted by atomic mass is 9.93. The summed E-state index contributed by atoms with van der Waals surface area (Å²) >= 11 is 0. The molecule has 2 aromatic rings. The highest BCUT2D eigenvalue weighted by Gasteiger charge is 2.27. The summed E-state index contributed by atoms with van der Waals surface area (Å²) in [5.74, 6) is 0.458. The SMILES string of the molecule is CN(C(=O)c1cc(C(C)(C)C)on1)C(CCO)c1ccccc1. The first-order valence-corrected chi connectivity index (χ1v) is 7.74. The van der Waals surface area contributed by atoms with Gasteiger partial charge in [0.15, 0.2) is 5.69 Å². The van der Waals surface area contributed by atoms with Crippen LogP contribution in [-0.2, 0) is 5.41 Å². The van der Waals surface area contributed by atoms with Crippen molar-refractivity contribution in [1.29, 1.82) is 0 Å². The van der Waals surface area contributed by atoms with Gasteiger partial charge in [0.2, 0.25) is 0 Å². The molecule has 1 N–H and O–H groups in total. The third-order valence-corrected chi connectivity index (χ3v) is 3.84. The summed E-state index contributed by atoms with van der Waals surface area (Å²) in [7, 11) is 1.72. The summed E-state index contributed by atoms with van der Waals surface area (Å²) in [6.45, 7) is 6.02. The van der Waals surface area contributed by atoms with Crippen LogP contribution < -0.4 is 0 Å². The number of amides is 1. The van der Waals surface area contributed by atoms with Crippen LogP contribution in [-0.4, -0.2) is 34.7 Å². The van der Waals surface area contributed by atoms with Crippen molar-refractivity contribution in [2.45, 2.75) is 38.6 Å². The molecule has 0 aliphatic rings. The molecule has 0 saturated heterocycles. The van der Waals surface area contributed by atoms with E-state index in [1.54, 1.807) is 18.0 Å². The summed E-state index contributed by atoms with van der Waals surface area (Å²) < 4.78 is 5.30. The average molecular weight is 316 g/mol. The van der Waals surface area contributed by atoms with E-state index >= 15 is 0 Å². The van der Waals surface area contributed by atoms with E-state index in [1.165, 1.54) is 0 Å². The molecule has 1 amide bonds. The van der Waals surface area contributed by atoms with Crippen LogP contribution in [0.3, 0.4) is 0 Å². The first-order valence-electron chi connectivity index (χ1n) is 7.74. The van der Waals surface area contributed by atoms with Crippen molar-refractivity contribution < 1.29 is 14.4 Å². The Hall–Kier alpha value is -2.14. The highest BCUT2D eigenvalue weighted by Crippen LogP contribution is 2.26. The van der Waals surface area contributed by atoms with Crippen LogP contribution in [0.5, 0.6) is 0 Å². The molecule has 0 fully saturated rings. The lowest BCUT2D eigenvalue weighted by Gasteiger charge is -2.27. The maximum Gasteiger partial charge on any atom is 0.276 e. The monoisotopic (exact) mass is 316 g/mol. The lowest BCUT2D eigenvalue weighted by molar-refractivity contribution is 0.0694. The van der Waals surface area contributed by atoms with E-state index < -0.39 is 0 Å². The van der Waals surface area contributed by atoms with Crippen molar-refractivity contribution in [3.63, 3.8) is 0 Å². The first kappa shape index (κ1) is 17.2. The molecule has 1 heterocycles. The Morgan fingerprint density at radius 3 is 2.48 bits per heavy atom. The second-order valence-electron chi connectivity index (χ2n) is 6.68. The summed E-state index contributed by atoms with van der Waals surface area (Å²) in [6, 6.07) is 11.2. The molecule has 1 atom stereocenters. The molecule has 5 nitrogen and oxygen atoms in total. The van der Waals surface area contributed by atoms with E-state index in [1.807, 2.05) is 51.1 Å². The number of benzene rings is 1. The van der Waals surface area contributed by atoms with Gasteiger partial charge in [0.25, 0.3) is 5.91 Å². The molecule has 5 heteroatoms. The fourth-order valence-corrected chi connectivity index (χ4v) is 2.43. The third kappa shape index (κ3) is 3.99. The number of nitrogens with zero attached hydrogens (tertiary/aromatic N) is 2. The molecule has 2 rings (SSSR count). The Labute approximate surface area is 136 Å². The number of hydrogen-bond acceptors (Lipinski definition) is 4. The van der Waals surface area contributed by atoms with Crippen LogP contribution in [0, 0.1) is 0 Å². The molecule has 0 radical (unpaired) electrons. The highest BCUT2D eigenvalue weighted by molar-refractivity contribution is 5.92. The largest absolute Gasteiger partial charge is 0.396 e. The zero-order chi connectivity index (χ0) is 17.0. The summed E-state index contributed by atoms with van der Waals surface area (Å²) in [5, 5.41) is 13.2. The van der Waals surface area contributed by atoms with E-state index in [0.29, 0.717) is 12.2 Å². The lowest BCUT2D eigenvalue weighted by Crippen LogP contribution is -2.32. The quantitative estimate of drug-likeness (QED) is 0.920. The minimum atomic E-state index is -0.216. The highest BCUT2D eigenvalue weighted by atomic mass is 16.5. The van der Waals surface area contributed by atoms with Crippen molar-refractivity contribution in [2.24, 2.45) is 0 Å². The Balaban J connectivity index is 2.24. The van der Waals surface area contributed by atoms with Gasteiger partial charge in [-0.1, -0.05) is 56.3 Å². The smallest absolute Gasteiger partial charge is 0.276 e. The number of rotatable bonds is 5. The standard InChI is InChI=1S/C18H24N2O3/c1-18(2,3)16-12-14(19-23-16)17(22)20(4)15(10-11-21)13-8-6-5-7-9-13/h5-9,12,15,21H,10-11H2,1-4H3. The zero-order valence-corrected chi connectivity index (χ0v) is 14.1. The number of carbonyl (C=O) groups excluding carboxylic acids is 1. The summed E-state index contributed by atoms with van der Waals surface area (Å²) in [6.07, 6.45) is 0.468. The molecule has 0 spiro atoms. The Morgan fingerprint density at radius 1 is 1.30 bits per heavy atom. The predicted octanol–water partition coefficient (Wildman–Crippen LogP) is 3.17. The predicted molar refractivity (Wildman–Crippen MR) is 88.2 cm³/mol. The van der Waals surface area contributed by atoms with Gasteiger partial charge in [-0.05, 0) is 12.0 Å². The molecule has 0 aliphatic heterocycles. The van der Waals surface area contributed by atoms with Crippen LogP contribution in [0.1, 0.15) is 55.0 Å². The van der Waals surface area contributed by atoms with Crippen LogP contribution in [0.15, 0.2) is 40.9 Å². The van der Waals surface area contributed by atoms with Crippen molar-refractivity contribution in [2.75, 3.05) is 13.7 Å². The molecular formula is C18H24N2O3.